The van der Waals surface area contributed by atoms with E-state index in [9.17, 15) is 9.59 Å². The summed E-state index contributed by atoms with van der Waals surface area (Å²) in [6.45, 7) is 5.94. The number of anilines is 1. The number of carbonyl (C=O) groups excluding carboxylic acids is 2. The van der Waals surface area contributed by atoms with Crippen LogP contribution < -0.4 is 20.1 Å². The van der Waals surface area contributed by atoms with Crippen LogP contribution in [0.15, 0.2) is 42.5 Å². The molecular formula is C25H30N2O4. The molecule has 2 N–H and O–H groups in total. The van der Waals surface area contributed by atoms with Gasteiger partial charge in [-0.2, -0.15) is 0 Å². The highest BCUT2D eigenvalue weighted by Gasteiger charge is 2.44. The van der Waals surface area contributed by atoms with Gasteiger partial charge in [-0.15, -0.1) is 0 Å². The molecule has 31 heavy (non-hydrogen) atoms. The minimum Gasteiger partial charge on any atom is -0.448 e. The van der Waals surface area contributed by atoms with Crippen LogP contribution in [0.2, 0.25) is 0 Å². The number of rotatable bonds is 6. The number of ether oxygens (including phenoxy) is 2. The summed E-state index contributed by atoms with van der Waals surface area (Å²) < 4.78 is 12.1. The van der Waals surface area contributed by atoms with Crippen molar-refractivity contribution in [3.05, 3.63) is 53.6 Å². The molecule has 0 radical (unpaired) electrons. The molecule has 1 unspecified atom stereocenters. The Bertz CT molecular complexity index is 979. The Balaban J connectivity index is 1.46. The summed E-state index contributed by atoms with van der Waals surface area (Å²) in [4.78, 5) is 25.8. The number of amides is 2. The largest absolute Gasteiger partial charge is 0.448 e. The lowest BCUT2D eigenvalue weighted by Gasteiger charge is -2.21. The predicted octanol–water partition coefficient (Wildman–Crippen LogP) is 4.82. The first-order chi connectivity index (χ1) is 14.8. The molecule has 1 aliphatic heterocycles. The van der Waals surface area contributed by atoms with Gasteiger partial charge in [0.2, 0.25) is 5.91 Å². The van der Waals surface area contributed by atoms with Crippen LogP contribution in [0.5, 0.6) is 11.5 Å². The molecule has 2 aliphatic rings. The van der Waals surface area contributed by atoms with E-state index in [1.807, 2.05) is 51.1 Å². The number of hydrogen-bond acceptors (Lipinski definition) is 4. The van der Waals surface area contributed by atoms with Crippen LogP contribution in [-0.4, -0.2) is 23.6 Å². The standard InChI is InChI=1S/C25H30N2O4/c1-16(2)14-20(27-23(28)19-9-5-4-8-17(19)3)24(29)26-18-10-11-21-22(15-18)31-25(30-21)12-6-7-13-25/h4-5,8-11,15-16,20H,6-7,12-14H2,1-3H3,(H,26,29)(H,27,28). The van der Waals surface area contributed by atoms with Crippen LogP contribution in [0, 0.1) is 12.8 Å². The second-order valence-corrected chi connectivity index (χ2v) is 8.94. The Morgan fingerprint density at radius 1 is 1.03 bits per heavy atom. The zero-order valence-corrected chi connectivity index (χ0v) is 18.4. The Hall–Kier alpha value is -3.02. The van der Waals surface area contributed by atoms with E-state index in [0.29, 0.717) is 29.2 Å². The number of hydrogen-bond donors (Lipinski definition) is 2. The first kappa shape index (κ1) is 21.2. The lowest BCUT2D eigenvalue weighted by atomic mass is 10.0. The molecule has 2 amide bonds. The van der Waals surface area contributed by atoms with Gasteiger partial charge in [0.1, 0.15) is 6.04 Å². The number of benzene rings is 2. The summed E-state index contributed by atoms with van der Waals surface area (Å²) in [6.07, 6.45) is 4.48. The van der Waals surface area contributed by atoms with E-state index in [1.165, 1.54) is 0 Å². The first-order valence-corrected chi connectivity index (χ1v) is 11.0. The van der Waals surface area contributed by atoms with E-state index in [0.717, 1.165) is 31.2 Å². The average molecular weight is 423 g/mol. The highest BCUT2D eigenvalue weighted by molar-refractivity contribution is 6.01. The Labute approximate surface area is 183 Å². The van der Waals surface area contributed by atoms with Crippen LogP contribution in [0.25, 0.3) is 0 Å². The molecule has 0 bridgehead atoms. The van der Waals surface area contributed by atoms with Crippen LogP contribution in [0.4, 0.5) is 5.69 Å². The molecular weight excluding hydrogens is 392 g/mol. The van der Waals surface area contributed by atoms with Crippen molar-refractivity contribution in [3.63, 3.8) is 0 Å². The molecule has 0 aromatic heterocycles. The lowest BCUT2D eigenvalue weighted by Crippen LogP contribution is -2.44. The van der Waals surface area contributed by atoms with Crippen LogP contribution in [-0.2, 0) is 4.79 Å². The van der Waals surface area contributed by atoms with Gasteiger partial charge in [0.15, 0.2) is 11.5 Å². The molecule has 1 spiro atoms. The van der Waals surface area contributed by atoms with Crippen molar-refractivity contribution in [2.24, 2.45) is 5.92 Å². The minimum absolute atomic E-state index is 0.242. The van der Waals surface area contributed by atoms with Crippen molar-refractivity contribution in [1.29, 1.82) is 0 Å². The highest BCUT2D eigenvalue weighted by atomic mass is 16.7. The molecule has 0 saturated heterocycles. The number of nitrogens with one attached hydrogen (secondary N) is 2. The van der Waals surface area contributed by atoms with E-state index >= 15 is 0 Å². The summed E-state index contributed by atoms with van der Waals surface area (Å²) in [5, 5.41) is 5.85. The quantitative estimate of drug-likeness (QED) is 0.700. The van der Waals surface area contributed by atoms with Crippen molar-refractivity contribution in [2.75, 3.05) is 5.32 Å². The van der Waals surface area contributed by atoms with Crippen molar-refractivity contribution in [3.8, 4) is 11.5 Å². The summed E-state index contributed by atoms with van der Waals surface area (Å²) >= 11 is 0. The summed E-state index contributed by atoms with van der Waals surface area (Å²) in [5.41, 5.74) is 2.08. The van der Waals surface area contributed by atoms with Crippen molar-refractivity contribution >= 4 is 17.5 Å². The van der Waals surface area contributed by atoms with E-state index in [-0.39, 0.29) is 17.7 Å². The van der Waals surface area contributed by atoms with Gasteiger partial charge >= 0.3 is 0 Å². The van der Waals surface area contributed by atoms with E-state index < -0.39 is 11.8 Å². The van der Waals surface area contributed by atoms with Gasteiger partial charge < -0.3 is 20.1 Å². The van der Waals surface area contributed by atoms with E-state index in [2.05, 4.69) is 10.6 Å². The van der Waals surface area contributed by atoms with Crippen molar-refractivity contribution < 1.29 is 19.1 Å². The molecule has 1 heterocycles. The Morgan fingerprint density at radius 2 is 1.74 bits per heavy atom. The number of carbonyl (C=O) groups is 2. The van der Waals surface area contributed by atoms with E-state index in [4.69, 9.17) is 9.47 Å². The van der Waals surface area contributed by atoms with Gasteiger partial charge in [-0.25, -0.2) is 0 Å². The first-order valence-electron chi connectivity index (χ1n) is 11.0. The van der Waals surface area contributed by atoms with Gasteiger partial charge in [0, 0.05) is 30.2 Å². The molecule has 164 valence electrons. The van der Waals surface area contributed by atoms with Crippen LogP contribution in [0.3, 0.4) is 0 Å². The molecule has 2 aromatic rings. The molecule has 4 rings (SSSR count). The van der Waals surface area contributed by atoms with E-state index in [1.54, 1.807) is 12.1 Å². The third-order valence-corrected chi connectivity index (χ3v) is 5.89. The highest BCUT2D eigenvalue weighted by Crippen LogP contribution is 2.47. The van der Waals surface area contributed by atoms with Crippen molar-refractivity contribution in [1.82, 2.24) is 5.32 Å². The third-order valence-electron chi connectivity index (χ3n) is 5.89. The smallest absolute Gasteiger partial charge is 0.252 e. The molecule has 6 heteroatoms. The van der Waals surface area contributed by atoms with Crippen molar-refractivity contribution in [2.45, 2.75) is 64.7 Å². The minimum atomic E-state index is -0.640. The summed E-state index contributed by atoms with van der Waals surface area (Å²) in [6, 6.07) is 12.2. The van der Waals surface area contributed by atoms with Crippen LogP contribution >= 0.6 is 0 Å². The SMILES string of the molecule is Cc1ccccc1C(=O)NC(CC(C)C)C(=O)Nc1ccc2c(c1)OC1(CCCC1)O2. The fourth-order valence-electron chi connectivity index (χ4n) is 4.29. The molecule has 6 nitrogen and oxygen atoms in total. The van der Waals surface area contributed by atoms with Crippen LogP contribution in [0.1, 0.15) is 61.9 Å². The fourth-order valence-corrected chi connectivity index (χ4v) is 4.29. The van der Waals surface area contributed by atoms with Gasteiger partial charge in [0.25, 0.3) is 11.7 Å². The maximum absolute atomic E-state index is 13.1. The Kier molecular flexibility index (Phi) is 5.90. The third kappa shape index (κ3) is 4.68. The zero-order chi connectivity index (χ0) is 22.0. The van der Waals surface area contributed by atoms with Gasteiger partial charge in [-0.1, -0.05) is 32.0 Å². The average Bonchev–Trinajstić information content (AvgIpc) is 3.32. The summed E-state index contributed by atoms with van der Waals surface area (Å²) in [5.74, 6) is 0.590. The summed E-state index contributed by atoms with van der Waals surface area (Å²) in [7, 11) is 0. The monoisotopic (exact) mass is 422 g/mol. The second kappa shape index (κ2) is 8.61. The fraction of sp³-hybridized carbons (Fsp3) is 0.440. The second-order valence-electron chi connectivity index (χ2n) is 8.94. The topological polar surface area (TPSA) is 76.7 Å². The van der Waals surface area contributed by atoms with Gasteiger partial charge in [-0.05, 0) is 55.9 Å². The molecule has 2 aromatic carbocycles. The maximum Gasteiger partial charge on any atom is 0.252 e. The molecule has 1 fully saturated rings. The molecule has 1 saturated carbocycles. The molecule has 1 atom stereocenters. The van der Waals surface area contributed by atoms with Gasteiger partial charge in [-0.3, -0.25) is 9.59 Å². The normalized spacial score (nSPS) is 17.0. The number of fused-ring (bicyclic) bond motifs is 1. The molecule has 1 aliphatic carbocycles. The lowest BCUT2D eigenvalue weighted by molar-refractivity contribution is -0.118. The Morgan fingerprint density at radius 3 is 2.45 bits per heavy atom. The number of aryl methyl sites for hydroxylation is 1. The maximum atomic E-state index is 13.1. The van der Waals surface area contributed by atoms with Gasteiger partial charge in [0.05, 0.1) is 0 Å². The predicted molar refractivity (Wildman–Crippen MR) is 119 cm³/mol. The zero-order valence-electron chi connectivity index (χ0n) is 18.4.